The molecular formula is C19H21Cl2FN2O2. The molecule has 1 heterocycles. The maximum Gasteiger partial charge on any atom is 0.146 e. The van der Waals surface area contributed by atoms with Gasteiger partial charge in [-0.2, -0.15) is 0 Å². The van der Waals surface area contributed by atoms with Gasteiger partial charge >= 0.3 is 0 Å². The number of hydrogen-bond acceptors (Lipinski definition) is 4. The molecule has 0 saturated carbocycles. The summed E-state index contributed by atoms with van der Waals surface area (Å²) in [5.74, 6) is 0.300. The molecule has 2 aromatic rings. The molecule has 3 rings (SSSR count). The summed E-state index contributed by atoms with van der Waals surface area (Å²) < 4.78 is 19.4. The zero-order valence-electron chi connectivity index (χ0n) is 14.2. The van der Waals surface area contributed by atoms with Crippen LogP contribution in [0.25, 0.3) is 0 Å². The molecule has 1 fully saturated rings. The molecular weight excluding hydrogens is 378 g/mol. The predicted octanol–water partition coefficient (Wildman–Crippen LogP) is 3.69. The highest BCUT2D eigenvalue weighted by atomic mass is 35.5. The summed E-state index contributed by atoms with van der Waals surface area (Å²) in [5, 5.41) is 11.2. The summed E-state index contributed by atoms with van der Waals surface area (Å²) in [4.78, 5) is 4.18. The van der Waals surface area contributed by atoms with Gasteiger partial charge in [0.05, 0.1) is 10.7 Å². The molecule has 4 nitrogen and oxygen atoms in total. The number of anilines is 1. The molecule has 1 aliphatic heterocycles. The summed E-state index contributed by atoms with van der Waals surface area (Å²) >= 11 is 11.9. The number of aliphatic hydroxyl groups excluding tert-OH is 1. The maximum atomic E-state index is 13.9. The van der Waals surface area contributed by atoms with E-state index in [0.717, 1.165) is 26.2 Å². The first-order valence-electron chi connectivity index (χ1n) is 8.50. The van der Waals surface area contributed by atoms with Crippen LogP contribution in [0.1, 0.15) is 0 Å². The fourth-order valence-corrected chi connectivity index (χ4v) is 3.47. The van der Waals surface area contributed by atoms with Crippen molar-refractivity contribution in [1.82, 2.24) is 4.90 Å². The van der Waals surface area contributed by atoms with Gasteiger partial charge in [-0.05, 0) is 30.3 Å². The third kappa shape index (κ3) is 5.01. The molecule has 0 radical (unpaired) electrons. The third-order valence-corrected chi connectivity index (χ3v) is 4.89. The quantitative estimate of drug-likeness (QED) is 0.804. The Morgan fingerprint density at radius 3 is 2.50 bits per heavy atom. The van der Waals surface area contributed by atoms with E-state index in [0.29, 0.717) is 28.0 Å². The van der Waals surface area contributed by atoms with Crippen molar-refractivity contribution in [2.75, 3.05) is 44.2 Å². The average Bonchev–Trinajstić information content (AvgIpc) is 2.62. The van der Waals surface area contributed by atoms with Crippen molar-refractivity contribution in [1.29, 1.82) is 0 Å². The van der Waals surface area contributed by atoms with Gasteiger partial charge in [0.15, 0.2) is 0 Å². The second-order valence-corrected chi connectivity index (χ2v) is 7.12. The Kier molecular flexibility index (Phi) is 6.59. The number of para-hydroxylation sites is 1. The van der Waals surface area contributed by atoms with Gasteiger partial charge in [-0.3, -0.25) is 4.90 Å². The second-order valence-electron chi connectivity index (χ2n) is 6.28. The zero-order valence-corrected chi connectivity index (χ0v) is 15.8. The van der Waals surface area contributed by atoms with Gasteiger partial charge in [-0.25, -0.2) is 4.39 Å². The van der Waals surface area contributed by atoms with Crippen LogP contribution in [-0.2, 0) is 0 Å². The predicted molar refractivity (Wildman–Crippen MR) is 103 cm³/mol. The lowest BCUT2D eigenvalue weighted by molar-refractivity contribution is 0.0663. The van der Waals surface area contributed by atoms with Crippen LogP contribution in [0.4, 0.5) is 10.1 Å². The number of nitrogens with zero attached hydrogens (tertiary/aromatic N) is 2. The fraction of sp³-hybridized carbons (Fsp3) is 0.368. The summed E-state index contributed by atoms with van der Waals surface area (Å²) in [5.41, 5.74) is 0.633. The molecule has 0 unspecified atom stereocenters. The molecule has 1 aliphatic rings. The van der Waals surface area contributed by atoms with Crippen molar-refractivity contribution in [2.24, 2.45) is 0 Å². The summed E-state index contributed by atoms with van der Waals surface area (Å²) in [6.45, 7) is 3.60. The zero-order chi connectivity index (χ0) is 18.5. The van der Waals surface area contributed by atoms with Gasteiger partial charge in [0.25, 0.3) is 0 Å². The van der Waals surface area contributed by atoms with E-state index in [9.17, 15) is 9.50 Å². The first kappa shape index (κ1) is 19.2. The van der Waals surface area contributed by atoms with Crippen molar-refractivity contribution in [2.45, 2.75) is 6.10 Å². The van der Waals surface area contributed by atoms with Crippen LogP contribution in [0.3, 0.4) is 0 Å². The highest BCUT2D eigenvalue weighted by molar-refractivity contribution is 6.35. The van der Waals surface area contributed by atoms with Gasteiger partial charge in [0.1, 0.15) is 24.3 Å². The van der Waals surface area contributed by atoms with Crippen molar-refractivity contribution in [3.8, 4) is 5.75 Å². The van der Waals surface area contributed by atoms with Crippen LogP contribution in [0.2, 0.25) is 10.0 Å². The molecule has 7 heteroatoms. The van der Waals surface area contributed by atoms with Crippen molar-refractivity contribution in [3.05, 3.63) is 58.3 Å². The molecule has 0 aliphatic carbocycles. The van der Waals surface area contributed by atoms with E-state index in [1.165, 1.54) is 6.07 Å². The molecule has 1 atom stereocenters. The standard InChI is InChI=1S/C19H21Cl2FN2O2/c20-14-5-6-19(16(21)11-14)26-13-15(25)12-23-7-9-24(10-8-23)18-4-2-1-3-17(18)22/h1-6,11,15,25H,7-10,12-13H2/t15-/m1/s1. The lowest BCUT2D eigenvalue weighted by Crippen LogP contribution is -2.49. The molecule has 0 amide bonds. The molecule has 2 aromatic carbocycles. The molecule has 1 N–H and O–H groups in total. The Hall–Kier alpha value is -1.53. The number of aliphatic hydroxyl groups is 1. The topological polar surface area (TPSA) is 35.9 Å². The van der Waals surface area contributed by atoms with Gasteiger partial charge in [0, 0.05) is 37.7 Å². The van der Waals surface area contributed by atoms with Crippen LogP contribution in [-0.4, -0.2) is 55.4 Å². The Morgan fingerprint density at radius 1 is 1.08 bits per heavy atom. The Morgan fingerprint density at radius 2 is 1.81 bits per heavy atom. The Balaban J connectivity index is 1.44. The smallest absolute Gasteiger partial charge is 0.146 e. The minimum atomic E-state index is -0.637. The number of ether oxygens (including phenoxy) is 1. The van der Waals surface area contributed by atoms with E-state index in [-0.39, 0.29) is 12.4 Å². The van der Waals surface area contributed by atoms with Crippen LogP contribution in [0, 0.1) is 5.82 Å². The van der Waals surface area contributed by atoms with Crippen molar-refractivity contribution >= 4 is 28.9 Å². The number of hydrogen-bond donors (Lipinski definition) is 1. The Labute approximate surface area is 162 Å². The lowest BCUT2D eigenvalue weighted by atomic mass is 10.2. The van der Waals surface area contributed by atoms with E-state index in [4.69, 9.17) is 27.9 Å². The van der Waals surface area contributed by atoms with E-state index in [2.05, 4.69) is 4.90 Å². The van der Waals surface area contributed by atoms with E-state index in [1.807, 2.05) is 11.0 Å². The van der Waals surface area contributed by atoms with E-state index >= 15 is 0 Å². The number of halogens is 3. The molecule has 0 aromatic heterocycles. The van der Waals surface area contributed by atoms with Gasteiger partial charge in [-0.15, -0.1) is 0 Å². The van der Waals surface area contributed by atoms with E-state index < -0.39 is 6.10 Å². The number of β-amino-alcohol motifs (C(OH)–C–C–N with tert-alkyl or cyclic N) is 1. The molecule has 0 spiro atoms. The SMILES string of the molecule is O[C@@H](COc1ccc(Cl)cc1Cl)CN1CCN(c2ccccc2F)CC1. The molecule has 1 saturated heterocycles. The van der Waals surface area contributed by atoms with Crippen LogP contribution in [0.15, 0.2) is 42.5 Å². The van der Waals surface area contributed by atoms with Crippen LogP contribution >= 0.6 is 23.2 Å². The van der Waals surface area contributed by atoms with Gasteiger partial charge < -0.3 is 14.7 Å². The van der Waals surface area contributed by atoms with E-state index in [1.54, 1.807) is 30.3 Å². The Bertz CT molecular complexity index is 739. The highest BCUT2D eigenvalue weighted by Gasteiger charge is 2.21. The maximum absolute atomic E-state index is 13.9. The normalized spacial score (nSPS) is 16.5. The largest absolute Gasteiger partial charge is 0.489 e. The minimum Gasteiger partial charge on any atom is -0.489 e. The number of rotatable bonds is 6. The lowest BCUT2D eigenvalue weighted by Gasteiger charge is -2.36. The first-order valence-corrected chi connectivity index (χ1v) is 9.26. The second kappa shape index (κ2) is 8.91. The molecule has 26 heavy (non-hydrogen) atoms. The fourth-order valence-electron chi connectivity index (χ4n) is 3.01. The van der Waals surface area contributed by atoms with Gasteiger partial charge in [-0.1, -0.05) is 35.3 Å². The number of benzene rings is 2. The van der Waals surface area contributed by atoms with Crippen LogP contribution < -0.4 is 9.64 Å². The van der Waals surface area contributed by atoms with Crippen molar-refractivity contribution in [3.63, 3.8) is 0 Å². The summed E-state index contributed by atoms with van der Waals surface area (Å²) in [6.07, 6.45) is -0.637. The number of piperazine rings is 1. The first-order chi connectivity index (χ1) is 12.5. The van der Waals surface area contributed by atoms with Gasteiger partial charge in [0.2, 0.25) is 0 Å². The van der Waals surface area contributed by atoms with Crippen molar-refractivity contribution < 1.29 is 14.2 Å². The summed E-state index contributed by atoms with van der Waals surface area (Å²) in [6, 6.07) is 11.8. The summed E-state index contributed by atoms with van der Waals surface area (Å²) in [7, 11) is 0. The average molecular weight is 399 g/mol. The monoisotopic (exact) mass is 398 g/mol. The highest BCUT2D eigenvalue weighted by Crippen LogP contribution is 2.27. The molecule has 0 bridgehead atoms. The molecule has 140 valence electrons. The minimum absolute atomic E-state index is 0.148. The van der Waals surface area contributed by atoms with Crippen LogP contribution in [0.5, 0.6) is 5.75 Å². The third-order valence-electron chi connectivity index (χ3n) is 4.36.